The monoisotopic (exact) mass is 169 g/mol. The molecule has 1 aromatic rings. The Morgan fingerprint density at radius 1 is 1.73 bits per heavy atom. The van der Waals surface area contributed by atoms with Crippen LogP contribution >= 0.6 is 11.6 Å². The second kappa shape index (κ2) is 3.49. The minimum absolute atomic E-state index is 0.132. The van der Waals surface area contributed by atoms with Crippen LogP contribution in [0.5, 0.6) is 0 Å². The predicted octanol–water partition coefficient (Wildman–Crippen LogP) is 1.87. The van der Waals surface area contributed by atoms with Crippen molar-refractivity contribution in [1.82, 2.24) is 4.98 Å². The minimum Gasteiger partial charge on any atom is -0.300 e. The summed E-state index contributed by atoms with van der Waals surface area (Å²) in [5.74, 6) is 0.132. The lowest BCUT2D eigenvalue weighted by Gasteiger charge is -1.95. The smallest absolute Gasteiger partial charge is 0.134 e. The van der Waals surface area contributed by atoms with Crippen molar-refractivity contribution in [2.75, 3.05) is 0 Å². The zero-order chi connectivity index (χ0) is 8.27. The highest BCUT2D eigenvalue weighted by atomic mass is 35.5. The first-order valence-electron chi connectivity index (χ1n) is 3.28. The van der Waals surface area contributed by atoms with Gasteiger partial charge in [-0.05, 0) is 24.6 Å². The summed E-state index contributed by atoms with van der Waals surface area (Å²) in [4.78, 5) is 14.5. The molecule has 0 aliphatic carbocycles. The van der Waals surface area contributed by atoms with Gasteiger partial charge in [-0.1, -0.05) is 11.6 Å². The molecule has 1 rings (SSSR count). The lowest BCUT2D eigenvalue weighted by atomic mass is 10.1. The molecule has 1 aromatic heterocycles. The molecule has 0 N–H and O–H groups in total. The van der Waals surface area contributed by atoms with E-state index in [9.17, 15) is 4.79 Å². The van der Waals surface area contributed by atoms with Crippen LogP contribution in [0.15, 0.2) is 18.3 Å². The zero-order valence-corrected chi connectivity index (χ0v) is 6.93. The van der Waals surface area contributed by atoms with Crippen molar-refractivity contribution < 1.29 is 4.79 Å². The van der Waals surface area contributed by atoms with Crippen LogP contribution in [0.4, 0.5) is 0 Å². The molecule has 0 radical (unpaired) electrons. The Kier molecular flexibility index (Phi) is 2.60. The molecule has 2 nitrogen and oxygen atoms in total. The summed E-state index contributed by atoms with van der Waals surface area (Å²) in [7, 11) is 0. The van der Waals surface area contributed by atoms with Crippen LogP contribution in [0.1, 0.15) is 12.5 Å². The van der Waals surface area contributed by atoms with E-state index in [-0.39, 0.29) is 5.78 Å². The molecule has 0 saturated carbocycles. The summed E-state index contributed by atoms with van der Waals surface area (Å²) in [5.41, 5.74) is 0.914. The number of ketones is 1. The largest absolute Gasteiger partial charge is 0.300 e. The highest BCUT2D eigenvalue weighted by Crippen LogP contribution is 2.07. The SMILES string of the molecule is CC(=O)Cc1ccnc(Cl)c1. The fourth-order valence-corrected chi connectivity index (χ4v) is 1.04. The van der Waals surface area contributed by atoms with Crippen molar-refractivity contribution in [3.8, 4) is 0 Å². The van der Waals surface area contributed by atoms with Gasteiger partial charge >= 0.3 is 0 Å². The third-order valence-corrected chi connectivity index (χ3v) is 1.45. The van der Waals surface area contributed by atoms with E-state index >= 15 is 0 Å². The van der Waals surface area contributed by atoms with Crippen LogP contribution in [0.25, 0.3) is 0 Å². The Bertz CT molecular complexity index is 273. The topological polar surface area (TPSA) is 30.0 Å². The molecule has 0 bridgehead atoms. The first kappa shape index (κ1) is 8.21. The molecular weight excluding hydrogens is 162 g/mol. The van der Waals surface area contributed by atoms with Gasteiger partial charge in [0.15, 0.2) is 0 Å². The summed E-state index contributed by atoms with van der Waals surface area (Å²) >= 11 is 5.61. The molecule has 3 heteroatoms. The van der Waals surface area contributed by atoms with E-state index in [4.69, 9.17) is 11.6 Å². The van der Waals surface area contributed by atoms with Crippen molar-refractivity contribution in [3.05, 3.63) is 29.0 Å². The third-order valence-electron chi connectivity index (χ3n) is 1.24. The van der Waals surface area contributed by atoms with Gasteiger partial charge in [0, 0.05) is 12.6 Å². The minimum atomic E-state index is 0.132. The van der Waals surface area contributed by atoms with E-state index in [1.165, 1.54) is 0 Å². The Morgan fingerprint density at radius 2 is 2.45 bits per heavy atom. The molecule has 0 unspecified atom stereocenters. The number of hydrogen-bond donors (Lipinski definition) is 0. The maximum Gasteiger partial charge on any atom is 0.134 e. The van der Waals surface area contributed by atoms with Crippen molar-refractivity contribution in [2.45, 2.75) is 13.3 Å². The van der Waals surface area contributed by atoms with Crippen LogP contribution in [0.3, 0.4) is 0 Å². The van der Waals surface area contributed by atoms with Gasteiger partial charge in [-0.3, -0.25) is 4.79 Å². The van der Waals surface area contributed by atoms with Gasteiger partial charge < -0.3 is 0 Å². The molecular formula is C8H8ClNO. The second-order valence-corrected chi connectivity index (χ2v) is 2.75. The average Bonchev–Trinajstić information content (AvgIpc) is 1.85. The van der Waals surface area contributed by atoms with E-state index in [1.807, 2.05) is 0 Å². The lowest BCUT2D eigenvalue weighted by Crippen LogP contribution is -1.95. The van der Waals surface area contributed by atoms with E-state index in [0.29, 0.717) is 11.6 Å². The van der Waals surface area contributed by atoms with Gasteiger partial charge in [0.05, 0.1) is 0 Å². The van der Waals surface area contributed by atoms with Crippen molar-refractivity contribution in [1.29, 1.82) is 0 Å². The zero-order valence-electron chi connectivity index (χ0n) is 6.17. The number of hydrogen-bond acceptors (Lipinski definition) is 2. The number of carbonyl (C=O) groups excluding carboxylic acids is 1. The average molecular weight is 170 g/mol. The van der Waals surface area contributed by atoms with Crippen LogP contribution < -0.4 is 0 Å². The molecule has 58 valence electrons. The van der Waals surface area contributed by atoms with Gasteiger partial charge in [-0.2, -0.15) is 0 Å². The van der Waals surface area contributed by atoms with E-state index in [0.717, 1.165) is 5.56 Å². The Morgan fingerprint density at radius 3 is 3.00 bits per heavy atom. The van der Waals surface area contributed by atoms with E-state index < -0.39 is 0 Å². The highest BCUT2D eigenvalue weighted by Gasteiger charge is 1.97. The summed E-state index contributed by atoms with van der Waals surface area (Å²) in [5, 5.41) is 0.434. The van der Waals surface area contributed by atoms with Crippen LogP contribution in [0, 0.1) is 0 Å². The van der Waals surface area contributed by atoms with Crippen LogP contribution in [-0.4, -0.2) is 10.8 Å². The molecule has 0 fully saturated rings. The van der Waals surface area contributed by atoms with Crippen molar-refractivity contribution >= 4 is 17.4 Å². The Balaban J connectivity index is 2.79. The second-order valence-electron chi connectivity index (χ2n) is 2.37. The fraction of sp³-hybridized carbons (Fsp3) is 0.250. The number of pyridine rings is 1. The molecule has 11 heavy (non-hydrogen) atoms. The molecule has 0 spiro atoms. The number of Topliss-reactive ketones (excluding diaryl/α,β-unsaturated/α-hetero) is 1. The standard InChI is InChI=1S/C8H8ClNO/c1-6(11)4-7-2-3-10-8(9)5-7/h2-3,5H,4H2,1H3. The van der Waals surface area contributed by atoms with Gasteiger partial charge in [-0.25, -0.2) is 4.98 Å². The maximum absolute atomic E-state index is 10.7. The molecule has 0 saturated heterocycles. The lowest BCUT2D eigenvalue weighted by molar-refractivity contribution is -0.116. The van der Waals surface area contributed by atoms with Crippen molar-refractivity contribution in [2.24, 2.45) is 0 Å². The van der Waals surface area contributed by atoms with Gasteiger partial charge in [0.1, 0.15) is 10.9 Å². The number of halogens is 1. The van der Waals surface area contributed by atoms with Gasteiger partial charge in [-0.15, -0.1) is 0 Å². The quantitative estimate of drug-likeness (QED) is 0.633. The number of rotatable bonds is 2. The fourth-order valence-electron chi connectivity index (χ4n) is 0.840. The maximum atomic E-state index is 10.7. The molecule has 0 atom stereocenters. The number of nitrogens with zero attached hydrogens (tertiary/aromatic N) is 1. The van der Waals surface area contributed by atoms with Crippen LogP contribution in [0.2, 0.25) is 5.15 Å². The summed E-state index contributed by atoms with van der Waals surface area (Å²) in [6, 6.07) is 3.48. The highest BCUT2D eigenvalue weighted by molar-refractivity contribution is 6.29. The molecule has 0 aromatic carbocycles. The Hall–Kier alpha value is -0.890. The summed E-state index contributed by atoms with van der Waals surface area (Å²) in [6.07, 6.45) is 2.03. The van der Waals surface area contributed by atoms with Gasteiger partial charge in [0.25, 0.3) is 0 Å². The first-order valence-corrected chi connectivity index (χ1v) is 3.66. The normalized spacial score (nSPS) is 9.64. The summed E-state index contributed by atoms with van der Waals surface area (Å²) in [6.45, 7) is 1.55. The molecule has 0 amide bonds. The number of aromatic nitrogens is 1. The number of carbonyl (C=O) groups is 1. The van der Waals surface area contributed by atoms with Gasteiger partial charge in [0.2, 0.25) is 0 Å². The third kappa shape index (κ3) is 2.68. The van der Waals surface area contributed by atoms with Crippen LogP contribution in [-0.2, 0) is 11.2 Å². The van der Waals surface area contributed by atoms with E-state index in [1.54, 1.807) is 25.3 Å². The summed E-state index contributed by atoms with van der Waals surface area (Å²) < 4.78 is 0. The molecule has 1 heterocycles. The first-order chi connectivity index (χ1) is 5.18. The Labute approximate surface area is 70.2 Å². The van der Waals surface area contributed by atoms with Crippen molar-refractivity contribution in [3.63, 3.8) is 0 Å². The molecule has 0 aliphatic heterocycles. The molecule has 0 aliphatic rings. The predicted molar refractivity (Wildman–Crippen MR) is 43.6 cm³/mol. The van der Waals surface area contributed by atoms with E-state index in [2.05, 4.69) is 4.98 Å².